The Morgan fingerprint density at radius 1 is 1.57 bits per heavy atom. The van der Waals surface area contributed by atoms with Crippen LogP contribution in [0.2, 0.25) is 0 Å². The molecule has 80 valence electrons. The maximum atomic E-state index is 11.4. The monoisotopic (exact) mass is 232 g/mol. The van der Waals surface area contributed by atoms with Crippen molar-refractivity contribution in [3.8, 4) is 0 Å². The summed E-state index contributed by atoms with van der Waals surface area (Å²) in [5, 5.41) is 2.10. The summed E-state index contributed by atoms with van der Waals surface area (Å²) in [7, 11) is 0. The van der Waals surface area contributed by atoms with Crippen molar-refractivity contribution in [1.82, 2.24) is 0 Å². The van der Waals surface area contributed by atoms with Gasteiger partial charge in [-0.05, 0) is 30.1 Å². The largest absolute Gasteiger partial charge is 0.465 e. The van der Waals surface area contributed by atoms with Gasteiger partial charge in [-0.25, -0.2) is 4.79 Å². The third-order valence-electron chi connectivity index (χ3n) is 1.84. The lowest BCUT2D eigenvalue weighted by Crippen LogP contribution is -2.14. The number of thioether (sulfide) groups is 2. The summed E-state index contributed by atoms with van der Waals surface area (Å²) in [5.41, 5.74) is 0. The van der Waals surface area contributed by atoms with Gasteiger partial charge in [-0.3, -0.25) is 0 Å². The summed E-state index contributed by atoms with van der Waals surface area (Å²) in [5.74, 6) is -0.0924. The molecule has 1 unspecified atom stereocenters. The molecule has 0 aromatic rings. The number of unbranched alkanes of at least 4 members (excludes halogenated alkanes) is 1. The summed E-state index contributed by atoms with van der Waals surface area (Å²) in [6.07, 6.45) is 3.51. The molecule has 1 rings (SSSR count). The SMILES string of the molecule is CCCCC1=CSC(C(=O)OCC)S1. The van der Waals surface area contributed by atoms with E-state index in [-0.39, 0.29) is 10.6 Å². The third-order valence-corrected chi connectivity index (χ3v) is 4.50. The van der Waals surface area contributed by atoms with Crippen molar-refractivity contribution in [3.05, 3.63) is 10.3 Å². The number of esters is 1. The Bertz CT molecular complexity index is 226. The molecule has 2 nitrogen and oxygen atoms in total. The summed E-state index contributed by atoms with van der Waals surface area (Å²) >= 11 is 3.22. The van der Waals surface area contributed by atoms with Crippen molar-refractivity contribution in [2.24, 2.45) is 0 Å². The van der Waals surface area contributed by atoms with Gasteiger partial charge in [0.05, 0.1) is 6.61 Å². The second-order valence-corrected chi connectivity index (χ2v) is 5.53. The molecule has 0 fully saturated rings. The molecule has 0 bridgehead atoms. The molecule has 1 aliphatic heterocycles. The van der Waals surface area contributed by atoms with Gasteiger partial charge in [-0.1, -0.05) is 13.3 Å². The predicted octanol–water partition coefficient (Wildman–Crippen LogP) is 3.39. The number of allylic oxidation sites excluding steroid dienone is 1. The lowest BCUT2D eigenvalue weighted by atomic mass is 10.2. The Hall–Kier alpha value is -0.0900. The molecule has 0 spiro atoms. The number of ether oxygens (including phenoxy) is 1. The Labute approximate surface area is 93.8 Å². The predicted molar refractivity (Wildman–Crippen MR) is 63.2 cm³/mol. The van der Waals surface area contributed by atoms with Crippen molar-refractivity contribution in [3.63, 3.8) is 0 Å². The van der Waals surface area contributed by atoms with Crippen LogP contribution in [0.4, 0.5) is 0 Å². The van der Waals surface area contributed by atoms with Gasteiger partial charge in [-0.2, -0.15) is 0 Å². The number of carbonyl (C=O) groups is 1. The van der Waals surface area contributed by atoms with E-state index in [4.69, 9.17) is 4.74 Å². The fourth-order valence-electron chi connectivity index (χ4n) is 1.11. The fraction of sp³-hybridized carbons (Fsp3) is 0.700. The molecule has 4 heteroatoms. The molecule has 0 radical (unpaired) electrons. The highest BCUT2D eigenvalue weighted by Crippen LogP contribution is 2.42. The van der Waals surface area contributed by atoms with Crippen LogP contribution in [0.25, 0.3) is 0 Å². The molecule has 0 saturated heterocycles. The smallest absolute Gasteiger partial charge is 0.330 e. The molecule has 14 heavy (non-hydrogen) atoms. The quantitative estimate of drug-likeness (QED) is 0.679. The zero-order valence-corrected chi connectivity index (χ0v) is 10.2. The van der Waals surface area contributed by atoms with Crippen LogP contribution in [0.15, 0.2) is 10.3 Å². The van der Waals surface area contributed by atoms with Crippen LogP contribution in [0, 0.1) is 0 Å². The van der Waals surface area contributed by atoms with Crippen molar-refractivity contribution in [2.45, 2.75) is 37.7 Å². The first-order valence-electron chi connectivity index (χ1n) is 4.95. The first-order chi connectivity index (χ1) is 6.77. The van der Waals surface area contributed by atoms with Crippen LogP contribution in [0.3, 0.4) is 0 Å². The van der Waals surface area contributed by atoms with Crippen molar-refractivity contribution < 1.29 is 9.53 Å². The molecular formula is C10H16O2S2. The zero-order chi connectivity index (χ0) is 10.4. The molecule has 1 aliphatic rings. The summed E-state index contributed by atoms with van der Waals surface area (Å²) in [6, 6.07) is 0. The second-order valence-electron chi connectivity index (χ2n) is 3.03. The first-order valence-corrected chi connectivity index (χ1v) is 6.78. The van der Waals surface area contributed by atoms with Gasteiger partial charge >= 0.3 is 5.97 Å². The van der Waals surface area contributed by atoms with Crippen LogP contribution in [0.5, 0.6) is 0 Å². The molecule has 0 amide bonds. The molecule has 0 aliphatic carbocycles. The number of hydrogen-bond donors (Lipinski definition) is 0. The third kappa shape index (κ3) is 3.58. The lowest BCUT2D eigenvalue weighted by Gasteiger charge is -2.07. The van der Waals surface area contributed by atoms with Gasteiger partial charge < -0.3 is 4.74 Å². The molecule has 1 heterocycles. The van der Waals surface area contributed by atoms with Gasteiger partial charge in [0.15, 0.2) is 4.58 Å². The van der Waals surface area contributed by atoms with Gasteiger partial charge in [0.25, 0.3) is 0 Å². The summed E-state index contributed by atoms with van der Waals surface area (Å²) < 4.78 is 4.91. The Balaban J connectivity index is 2.27. The van der Waals surface area contributed by atoms with E-state index in [0.717, 1.165) is 6.42 Å². The fourth-order valence-corrected chi connectivity index (χ4v) is 3.54. The zero-order valence-electron chi connectivity index (χ0n) is 8.62. The van der Waals surface area contributed by atoms with Crippen LogP contribution < -0.4 is 0 Å². The van der Waals surface area contributed by atoms with E-state index in [9.17, 15) is 4.79 Å². The highest BCUT2D eigenvalue weighted by molar-refractivity contribution is 8.23. The van der Waals surface area contributed by atoms with Crippen LogP contribution in [-0.4, -0.2) is 17.2 Å². The van der Waals surface area contributed by atoms with Gasteiger partial charge in [0.1, 0.15) is 0 Å². The minimum atomic E-state index is -0.0924. The van der Waals surface area contributed by atoms with Crippen LogP contribution >= 0.6 is 23.5 Å². The van der Waals surface area contributed by atoms with E-state index in [1.54, 1.807) is 23.5 Å². The van der Waals surface area contributed by atoms with E-state index in [2.05, 4.69) is 12.3 Å². The Kier molecular flexibility index (Phi) is 5.48. The van der Waals surface area contributed by atoms with Crippen molar-refractivity contribution in [1.29, 1.82) is 0 Å². The van der Waals surface area contributed by atoms with Gasteiger partial charge in [0, 0.05) is 0 Å². The van der Waals surface area contributed by atoms with Crippen LogP contribution in [-0.2, 0) is 9.53 Å². The Morgan fingerprint density at radius 2 is 2.36 bits per heavy atom. The summed E-state index contributed by atoms with van der Waals surface area (Å²) in [6.45, 7) is 4.49. The lowest BCUT2D eigenvalue weighted by molar-refractivity contribution is -0.140. The van der Waals surface area contributed by atoms with E-state index in [0.29, 0.717) is 6.61 Å². The highest BCUT2D eigenvalue weighted by Gasteiger charge is 2.26. The topological polar surface area (TPSA) is 26.3 Å². The molecule has 0 saturated carbocycles. The Morgan fingerprint density at radius 3 is 3.00 bits per heavy atom. The maximum absolute atomic E-state index is 11.4. The first kappa shape index (κ1) is 12.0. The van der Waals surface area contributed by atoms with Gasteiger partial charge in [-0.15, -0.1) is 23.5 Å². The summed E-state index contributed by atoms with van der Waals surface area (Å²) in [4.78, 5) is 12.7. The minimum Gasteiger partial charge on any atom is -0.465 e. The van der Waals surface area contributed by atoms with E-state index in [1.165, 1.54) is 17.7 Å². The van der Waals surface area contributed by atoms with Crippen LogP contribution in [0.1, 0.15) is 33.1 Å². The molecule has 1 atom stereocenters. The average Bonchev–Trinajstić information content (AvgIpc) is 2.63. The number of rotatable bonds is 5. The van der Waals surface area contributed by atoms with Crippen molar-refractivity contribution >= 4 is 29.5 Å². The molecule has 0 aromatic carbocycles. The highest BCUT2D eigenvalue weighted by atomic mass is 32.2. The standard InChI is InChI=1S/C10H16O2S2/c1-3-5-6-8-7-13-10(14-8)9(11)12-4-2/h7,10H,3-6H2,1-2H3. The number of hydrogen-bond acceptors (Lipinski definition) is 4. The number of carbonyl (C=O) groups excluding carboxylic acids is 1. The molecule has 0 N–H and O–H groups in total. The van der Waals surface area contributed by atoms with E-state index >= 15 is 0 Å². The van der Waals surface area contributed by atoms with Crippen molar-refractivity contribution in [2.75, 3.05) is 6.61 Å². The molecular weight excluding hydrogens is 216 g/mol. The second kappa shape index (κ2) is 6.40. The normalized spacial score (nSPS) is 20.7. The van der Waals surface area contributed by atoms with Gasteiger partial charge in [0.2, 0.25) is 0 Å². The van der Waals surface area contributed by atoms with E-state index in [1.807, 2.05) is 6.92 Å². The maximum Gasteiger partial charge on any atom is 0.330 e. The molecule has 0 aromatic heterocycles. The average molecular weight is 232 g/mol. The minimum absolute atomic E-state index is 0.0539. The van der Waals surface area contributed by atoms with E-state index < -0.39 is 0 Å².